The topological polar surface area (TPSA) is 49.8 Å². The standard InChI is InChI=1S/C13H21NO3/c1-3-4-5-6-7-13(16)14-8-12(9-15)17-10-11(14)2/h1,11-12,15H,4-10H2,2H3. The molecule has 4 heteroatoms. The molecule has 1 aliphatic rings. The van der Waals surface area contributed by atoms with E-state index in [1.807, 2.05) is 6.92 Å². The quantitative estimate of drug-likeness (QED) is 0.570. The van der Waals surface area contributed by atoms with Crippen molar-refractivity contribution in [2.75, 3.05) is 19.8 Å². The minimum absolute atomic E-state index is 0.0341. The first-order valence-electron chi connectivity index (χ1n) is 6.14. The number of hydrogen-bond donors (Lipinski definition) is 1. The smallest absolute Gasteiger partial charge is 0.222 e. The van der Waals surface area contributed by atoms with Crippen LogP contribution in [0.1, 0.15) is 32.6 Å². The van der Waals surface area contributed by atoms with Crippen LogP contribution >= 0.6 is 0 Å². The lowest BCUT2D eigenvalue weighted by molar-refractivity contribution is -0.146. The minimum atomic E-state index is -0.235. The molecule has 0 radical (unpaired) electrons. The van der Waals surface area contributed by atoms with Crippen LogP contribution in [0.4, 0.5) is 0 Å². The fourth-order valence-corrected chi connectivity index (χ4v) is 1.92. The number of nitrogens with zero attached hydrogens (tertiary/aromatic N) is 1. The third kappa shape index (κ3) is 4.37. The van der Waals surface area contributed by atoms with E-state index in [0.29, 0.717) is 19.6 Å². The maximum atomic E-state index is 12.0. The van der Waals surface area contributed by atoms with E-state index in [4.69, 9.17) is 16.3 Å². The summed E-state index contributed by atoms with van der Waals surface area (Å²) in [5.41, 5.74) is 0. The molecular formula is C13H21NO3. The maximum Gasteiger partial charge on any atom is 0.222 e. The Kier molecular flexibility index (Phi) is 6.03. The molecule has 1 N–H and O–H groups in total. The number of ether oxygens (including phenoxy) is 1. The third-order valence-corrected chi connectivity index (χ3v) is 2.99. The molecule has 1 aliphatic heterocycles. The van der Waals surface area contributed by atoms with Gasteiger partial charge in [0.25, 0.3) is 0 Å². The first-order chi connectivity index (χ1) is 8.19. The molecule has 96 valence electrons. The lowest BCUT2D eigenvalue weighted by Gasteiger charge is -2.37. The third-order valence-electron chi connectivity index (χ3n) is 2.99. The molecule has 1 amide bonds. The van der Waals surface area contributed by atoms with Gasteiger partial charge in [0.05, 0.1) is 25.4 Å². The number of aliphatic hydroxyl groups is 1. The fourth-order valence-electron chi connectivity index (χ4n) is 1.92. The zero-order valence-electron chi connectivity index (χ0n) is 10.4. The van der Waals surface area contributed by atoms with Crippen molar-refractivity contribution in [1.82, 2.24) is 4.90 Å². The summed E-state index contributed by atoms with van der Waals surface area (Å²) >= 11 is 0. The Bertz CT molecular complexity index is 285. The largest absolute Gasteiger partial charge is 0.394 e. The number of hydrogen-bond acceptors (Lipinski definition) is 3. The number of rotatable bonds is 5. The second-order valence-corrected chi connectivity index (χ2v) is 4.44. The molecule has 1 fully saturated rings. The summed E-state index contributed by atoms with van der Waals surface area (Å²) < 4.78 is 5.39. The highest BCUT2D eigenvalue weighted by Gasteiger charge is 2.28. The van der Waals surface area contributed by atoms with Crippen LogP contribution in [-0.4, -0.2) is 47.8 Å². The Morgan fingerprint density at radius 3 is 3.00 bits per heavy atom. The Balaban J connectivity index is 2.35. The molecule has 1 saturated heterocycles. The molecule has 1 rings (SSSR count). The van der Waals surface area contributed by atoms with E-state index in [0.717, 1.165) is 19.3 Å². The second kappa shape index (κ2) is 7.31. The highest BCUT2D eigenvalue weighted by Crippen LogP contribution is 2.14. The zero-order chi connectivity index (χ0) is 12.7. The summed E-state index contributed by atoms with van der Waals surface area (Å²) in [6.07, 6.45) is 7.90. The number of unbranched alkanes of at least 4 members (excludes halogenated alkanes) is 2. The van der Waals surface area contributed by atoms with Crippen molar-refractivity contribution in [2.24, 2.45) is 0 Å². The number of morpholine rings is 1. The van der Waals surface area contributed by atoms with Gasteiger partial charge in [0.2, 0.25) is 5.91 Å². The highest BCUT2D eigenvalue weighted by atomic mass is 16.5. The molecule has 17 heavy (non-hydrogen) atoms. The molecule has 0 bridgehead atoms. The van der Waals surface area contributed by atoms with Crippen molar-refractivity contribution in [3.63, 3.8) is 0 Å². The van der Waals surface area contributed by atoms with Crippen molar-refractivity contribution in [3.05, 3.63) is 0 Å². The fraction of sp³-hybridized carbons (Fsp3) is 0.769. The van der Waals surface area contributed by atoms with Crippen molar-refractivity contribution < 1.29 is 14.6 Å². The Labute approximate surface area is 103 Å². The minimum Gasteiger partial charge on any atom is -0.394 e. The average molecular weight is 239 g/mol. The maximum absolute atomic E-state index is 12.0. The average Bonchev–Trinajstić information content (AvgIpc) is 2.35. The van der Waals surface area contributed by atoms with Crippen molar-refractivity contribution >= 4 is 5.91 Å². The number of terminal acetylenes is 1. The summed E-state index contributed by atoms with van der Waals surface area (Å²) in [6.45, 7) is 2.92. The lowest BCUT2D eigenvalue weighted by atomic mass is 10.1. The van der Waals surface area contributed by atoms with E-state index in [1.165, 1.54) is 0 Å². The van der Waals surface area contributed by atoms with E-state index in [2.05, 4.69) is 5.92 Å². The number of amides is 1. The monoisotopic (exact) mass is 239 g/mol. The number of aliphatic hydroxyl groups excluding tert-OH is 1. The molecule has 1 heterocycles. The summed E-state index contributed by atoms with van der Waals surface area (Å²) in [6, 6.07) is 0.0953. The van der Waals surface area contributed by atoms with Gasteiger partial charge >= 0.3 is 0 Å². The van der Waals surface area contributed by atoms with E-state index >= 15 is 0 Å². The zero-order valence-corrected chi connectivity index (χ0v) is 10.4. The predicted molar refractivity (Wildman–Crippen MR) is 65.3 cm³/mol. The molecular weight excluding hydrogens is 218 g/mol. The Morgan fingerprint density at radius 1 is 1.59 bits per heavy atom. The summed E-state index contributed by atoms with van der Waals surface area (Å²) in [5, 5.41) is 9.04. The predicted octanol–water partition coefficient (Wildman–Crippen LogP) is 0.788. The highest BCUT2D eigenvalue weighted by molar-refractivity contribution is 5.76. The molecule has 2 atom stereocenters. The molecule has 0 aliphatic carbocycles. The van der Waals surface area contributed by atoms with Crippen LogP contribution in [0.2, 0.25) is 0 Å². The first-order valence-corrected chi connectivity index (χ1v) is 6.14. The second-order valence-electron chi connectivity index (χ2n) is 4.44. The van der Waals surface area contributed by atoms with Gasteiger partial charge in [-0.15, -0.1) is 12.3 Å². The Morgan fingerprint density at radius 2 is 2.35 bits per heavy atom. The van der Waals surface area contributed by atoms with Crippen LogP contribution in [0.25, 0.3) is 0 Å². The van der Waals surface area contributed by atoms with Crippen LogP contribution in [0.5, 0.6) is 0 Å². The van der Waals surface area contributed by atoms with Gasteiger partial charge in [0, 0.05) is 19.4 Å². The van der Waals surface area contributed by atoms with Crippen LogP contribution in [0, 0.1) is 12.3 Å². The van der Waals surface area contributed by atoms with E-state index in [9.17, 15) is 4.79 Å². The molecule has 0 aromatic rings. The van der Waals surface area contributed by atoms with Gasteiger partial charge in [0.1, 0.15) is 0 Å². The summed E-state index contributed by atoms with van der Waals surface area (Å²) in [7, 11) is 0. The normalized spacial score (nSPS) is 24.4. The Hall–Kier alpha value is -1.05. The van der Waals surface area contributed by atoms with Crippen LogP contribution in [0.3, 0.4) is 0 Å². The lowest BCUT2D eigenvalue weighted by Crippen LogP contribution is -2.51. The SMILES string of the molecule is C#CCCCCC(=O)N1CC(CO)OCC1C. The van der Waals surface area contributed by atoms with Gasteiger partial charge in [-0.1, -0.05) is 0 Å². The molecule has 0 spiro atoms. The molecule has 2 unspecified atom stereocenters. The van der Waals surface area contributed by atoms with E-state index in [1.54, 1.807) is 4.90 Å². The van der Waals surface area contributed by atoms with Crippen LogP contribution < -0.4 is 0 Å². The van der Waals surface area contributed by atoms with E-state index in [-0.39, 0.29) is 24.7 Å². The van der Waals surface area contributed by atoms with Crippen LogP contribution in [-0.2, 0) is 9.53 Å². The first kappa shape index (κ1) is 14.0. The van der Waals surface area contributed by atoms with Gasteiger partial charge in [-0.3, -0.25) is 4.79 Å². The van der Waals surface area contributed by atoms with Crippen LogP contribution in [0.15, 0.2) is 0 Å². The van der Waals surface area contributed by atoms with Gasteiger partial charge < -0.3 is 14.7 Å². The van der Waals surface area contributed by atoms with Gasteiger partial charge in [0.15, 0.2) is 0 Å². The van der Waals surface area contributed by atoms with Gasteiger partial charge in [-0.25, -0.2) is 0 Å². The molecule has 0 aromatic carbocycles. The van der Waals surface area contributed by atoms with Gasteiger partial charge in [-0.05, 0) is 19.8 Å². The summed E-state index contributed by atoms with van der Waals surface area (Å²) in [4.78, 5) is 13.8. The van der Waals surface area contributed by atoms with Crippen molar-refractivity contribution in [2.45, 2.75) is 44.8 Å². The van der Waals surface area contributed by atoms with Crippen molar-refractivity contribution in [1.29, 1.82) is 0 Å². The van der Waals surface area contributed by atoms with E-state index < -0.39 is 0 Å². The number of carbonyl (C=O) groups excluding carboxylic acids is 1. The van der Waals surface area contributed by atoms with Gasteiger partial charge in [-0.2, -0.15) is 0 Å². The molecule has 4 nitrogen and oxygen atoms in total. The number of carbonyl (C=O) groups is 1. The summed E-state index contributed by atoms with van der Waals surface area (Å²) in [5.74, 6) is 2.70. The van der Waals surface area contributed by atoms with Crippen molar-refractivity contribution in [3.8, 4) is 12.3 Å². The molecule has 0 saturated carbocycles. The molecule has 0 aromatic heterocycles.